The first-order valence-corrected chi connectivity index (χ1v) is 8.80. The summed E-state index contributed by atoms with van der Waals surface area (Å²) >= 11 is 7.19. The Hall–Kier alpha value is -2.57. The molecule has 128 valence electrons. The van der Waals surface area contributed by atoms with E-state index in [0.29, 0.717) is 21.4 Å². The van der Waals surface area contributed by atoms with E-state index in [1.54, 1.807) is 30.3 Å². The van der Waals surface area contributed by atoms with Gasteiger partial charge >= 0.3 is 0 Å². The maximum Gasteiger partial charge on any atom is 0.261 e. The van der Waals surface area contributed by atoms with Crippen molar-refractivity contribution in [2.75, 3.05) is 6.54 Å². The van der Waals surface area contributed by atoms with E-state index in [4.69, 9.17) is 16.0 Å². The molecule has 2 amide bonds. The average molecular weight is 375 g/mol. The zero-order valence-electron chi connectivity index (χ0n) is 13.1. The summed E-state index contributed by atoms with van der Waals surface area (Å²) in [6.07, 6.45) is 0. The van der Waals surface area contributed by atoms with Crippen LogP contribution in [0.4, 0.5) is 0 Å². The molecule has 0 fully saturated rings. The van der Waals surface area contributed by atoms with Crippen molar-refractivity contribution in [1.82, 2.24) is 10.6 Å². The van der Waals surface area contributed by atoms with Crippen LogP contribution in [0.25, 0.3) is 11.3 Å². The van der Waals surface area contributed by atoms with Crippen LogP contribution >= 0.6 is 22.9 Å². The van der Waals surface area contributed by atoms with Crippen LogP contribution in [0, 0.1) is 0 Å². The monoisotopic (exact) mass is 374 g/mol. The molecule has 0 atom stereocenters. The lowest BCUT2D eigenvalue weighted by Gasteiger charge is -2.05. The maximum absolute atomic E-state index is 11.8. The largest absolute Gasteiger partial charge is 0.459 e. The number of rotatable bonds is 6. The van der Waals surface area contributed by atoms with Crippen LogP contribution in [0.15, 0.2) is 58.3 Å². The predicted octanol–water partition coefficient (Wildman–Crippen LogP) is 3.71. The molecule has 2 heterocycles. The van der Waals surface area contributed by atoms with Crippen LogP contribution in [0.2, 0.25) is 5.02 Å². The summed E-state index contributed by atoms with van der Waals surface area (Å²) in [6, 6.07) is 14.4. The molecular formula is C18H15ClN2O3S. The number of carbonyl (C=O) groups excluding carboxylic acids is 2. The van der Waals surface area contributed by atoms with E-state index in [2.05, 4.69) is 10.6 Å². The molecule has 0 unspecified atom stereocenters. The third-order valence-electron chi connectivity index (χ3n) is 3.40. The van der Waals surface area contributed by atoms with Crippen molar-refractivity contribution in [2.24, 2.45) is 0 Å². The lowest BCUT2D eigenvalue weighted by molar-refractivity contribution is -0.120. The molecule has 0 aliphatic carbocycles. The molecule has 0 aliphatic heterocycles. The molecule has 3 aromatic rings. The normalized spacial score (nSPS) is 10.4. The SMILES string of the molecule is O=C(CNC(=O)c1cccs1)NCc1ccc(-c2ccc(Cl)cc2)o1. The van der Waals surface area contributed by atoms with E-state index < -0.39 is 0 Å². The van der Waals surface area contributed by atoms with Gasteiger partial charge in [0.15, 0.2) is 0 Å². The van der Waals surface area contributed by atoms with E-state index in [-0.39, 0.29) is 24.9 Å². The van der Waals surface area contributed by atoms with Crippen molar-refractivity contribution >= 4 is 34.8 Å². The number of nitrogens with one attached hydrogen (secondary N) is 2. The minimum atomic E-state index is -0.283. The Balaban J connectivity index is 1.48. The van der Waals surface area contributed by atoms with Gasteiger partial charge in [-0.1, -0.05) is 17.7 Å². The van der Waals surface area contributed by atoms with Gasteiger partial charge in [0.25, 0.3) is 5.91 Å². The molecule has 0 bridgehead atoms. The molecule has 7 heteroatoms. The van der Waals surface area contributed by atoms with Gasteiger partial charge in [-0.25, -0.2) is 0 Å². The first kappa shape index (κ1) is 17.3. The predicted molar refractivity (Wildman–Crippen MR) is 97.7 cm³/mol. The number of amides is 2. The number of benzene rings is 1. The third-order valence-corrected chi connectivity index (χ3v) is 4.53. The van der Waals surface area contributed by atoms with Crippen molar-refractivity contribution in [3.8, 4) is 11.3 Å². The van der Waals surface area contributed by atoms with Crippen LogP contribution < -0.4 is 10.6 Å². The third kappa shape index (κ3) is 4.71. The summed E-state index contributed by atoms with van der Waals surface area (Å²) in [5, 5.41) is 7.75. The molecule has 2 aromatic heterocycles. The smallest absolute Gasteiger partial charge is 0.261 e. The van der Waals surface area contributed by atoms with E-state index in [0.717, 1.165) is 5.56 Å². The lowest BCUT2D eigenvalue weighted by atomic mass is 10.2. The minimum Gasteiger partial charge on any atom is -0.459 e. The summed E-state index contributed by atoms with van der Waals surface area (Å²) in [7, 11) is 0. The van der Waals surface area contributed by atoms with Gasteiger partial charge in [-0.3, -0.25) is 9.59 Å². The zero-order valence-corrected chi connectivity index (χ0v) is 14.7. The first-order valence-electron chi connectivity index (χ1n) is 7.55. The van der Waals surface area contributed by atoms with Gasteiger partial charge in [-0.2, -0.15) is 0 Å². The van der Waals surface area contributed by atoms with E-state index in [9.17, 15) is 9.59 Å². The van der Waals surface area contributed by atoms with Gasteiger partial charge in [-0.05, 0) is 47.8 Å². The van der Waals surface area contributed by atoms with Crippen molar-refractivity contribution in [3.63, 3.8) is 0 Å². The standard InChI is InChI=1S/C18H15ClN2O3S/c19-13-5-3-12(4-6-13)15-8-7-14(24-15)10-20-17(22)11-21-18(23)16-2-1-9-25-16/h1-9H,10-11H2,(H,20,22)(H,21,23). The molecule has 0 spiro atoms. The molecule has 0 saturated carbocycles. The number of furan rings is 1. The first-order chi connectivity index (χ1) is 12.1. The number of hydrogen-bond acceptors (Lipinski definition) is 4. The second-order valence-corrected chi connectivity index (χ2v) is 6.59. The maximum atomic E-state index is 11.8. The van der Waals surface area contributed by atoms with Crippen LogP contribution in [0.5, 0.6) is 0 Å². The van der Waals surface area contributed by atoms with Crippen LogP contribution in [0.1, 0.15) is 15.4 Å². The summed E-state index contributed by atoms with van der Waals surface area (Å²) in [5.74, 6) is 0.789. The second-order valence-electron chi connectivity index (χ2n) is 5.21. The van der Waals surface area contributed by atoms with Gasteiger partial charge in [0.2, 0.25) is 5.91 Å². The molecule has 5 nitrogen and oxygen atoms in total. The van der Waals surface area contributed by atoms with Gasteiger partial charge < -0.3 is 15.1 Å². The van der Waals surface area contributed by atoms with Gasteiger partial charge in [0.1, 0.15) is 11.5 Å². The van der Waals surface area contributed by atoms with Crippen LogP contribution in [0.3, 0.4) is 0 Å². The fourth-order valence-electron chi connectivity index (χ4n) is 2.15. The molecule has 25 heavy (non-hydrogen) atoms. The Morgan fingerprint density at radius 1 is 1.04 bits per heavy atom. The average Bonchev–Trinajstić information content (AvgIpc) is 3.30. The zero-order chi connectivity index (χ0) is 17.6. The summed E-state index contributed by atoms with van der Waals surface area (Å²) in [5.41, 5.74) is 0.908. The van der Waals surface area contributed by atoms with Gasteiger partial charge in [-0.15, -0.1) is 11.3 Å². The van der Waals surface area contributed by atoms with Crippen LogP contribution in [-0.4, -0.2) is 18.4 Å². The molecule has 3 rings (SSSR count). The highest BCUT2D eigenvalue weighted by Gasteiger charge is 2.10. The van der Waals surface area contributed by atoms with E-state index in [1.807, 2.05) is 23.6 Å². The fourth-order valence-corrected chi connectivity index (χ4v) is 2.91. The highest BCUT2D eigenvalue weighted by Crippen LogP contribution is 2.23. The molecule has 2 N–H and O–H groups in total. The highest BCUT2D eigenvalue weighted by molar-refractivity contribution is 7.12. The lowest BCUT2D eigenvalue weighted by Crippen LogP contribution is -2.36. The Morgan fingerprint density at radius 2 is 1.84 bits per heavy atom. The molecular weight excluding hydrogens is 360 g/mol. The minimum absolute atomic E-state index is 0.0819. The quantitative estimate of drug-likeness (QED) is 0.691. The molecule has 0 aliphatic rings. The number of halogens is 1. The molecule has 1 aromatic carbocycles. The summed E-state index contributed by atoms with van der Waals surface area (Å²) < 4.78 is 5.70. The number of carbonyl (C=O) groups is 2. The molecule has 0 saturated heterocycles. The van der Waals surface area contributed by atoms with E-state index >= 15 is 0 Å². The van der Waals surface area contributed by atoms with Crippen molar-refractivity contribution in [3.05, 3.63) is 69.6 Å². The number of hydrogen-bond donors (Lipinski definition) is 2. The fraction of sp³-hybridized carbons (Fsp3) is 0.111. The second kappa shape index (κ2) is 8.00. The molecule has 0 radical (unpaired) electrons. The number of thiophene rings is 1. The van der Waals surface area contributed by atoms with E-state index in [1.165, 1.54) is 11.3 Å². The Labute approximate surface area is 153 Å². The van der Waals surface area contributed by atoms with Crippen molar-refractivity contribution in [1.29, 1.82) is 0 Å². The van der Waals surface area contributed by atoms with Gasteiger partial charge in [0, 0.05) is 10.6 Å². The summed E-state index contributed by atoms with van der Waals surface area (Å²) in [4.78, 5) is 24.2. The van der Waals surface area contributed by atoms with Crippen LogP contribution in [-0.2, 0) is 11.3 Å². The topological polar surface area (TPSA) is 71.3 Å². The van der Waals surface area contributed by atoms with Crippen molar-refractivity contribution < 1.29 is 14.0 Å². The van der Waals surface area contributed by atoms with Gasteiger partial charge in [0.05, 0.1) is 18.0 Å². The highest BCUT2D eigenvalue weighted by atomic mass is 35.5. The Morgan fingerprint density at radius 3 is 2.56 bits per heavy atom. The van der Waals surface area contributed by atoms with Crippen molar-refractivity contribution in [2.45, 2.75) is 6.54 Å². The summed E-state index contributed by atoms with van der Waals surface area (Å²) in [6.45, 7) is 0.169. The Kier molecular flexibility index (Phi) is 5.53. The Bertz CT molecular complexity index is 857.